The predicted octanol–water partition coefficient (Wildman–Crippen LogP) is 3.50. The summed E-state index contributed by atoms with van der Waals surface area (Å²) in [5, 5.41) is 14.9. The molecule has 0 N–H and O–H groups in total. The van der Waals surface area contributed by atoms with Gasteiger partial charge in [0.05, 0.1) is 30.7 Å². The molecule has 1 aliphatic carbocycles. The molecule has 2 aliphatic rings. The number of ether oxygens (including phenoxy) is 1. The minimum atomic E-state index is -0.419. The fourth-order valence-corrected chi connectivity index (χ4v) is 5.80. The molecular formula is C17H19I2N5O. The standard InChI is InChI=1S/C17H19I2N5O/c1-11-9-25-7-6-23(11)13-8-12(17(10-20)4-2-3-5-17)14-15(18)21-16(19)24(14)22-13/h8,11H,2-7,9H2,1H3/t11-/m1/s1. The molecule has 0 radical (unpaired) electrons. The SMILES string of the molecule is C[C@@H]1COCCN1c1cc(C2(C#N)CCCC2)c2c(I)nc(I)n2n1. The number of nitriles is 1. The van der Waals surface area contributed by atoms with Gasteiger partial charge in [0.15, 0.2) is 3.83 Å². The van der Waals surface area contributed by atoms with Crippen LogP contribution in [-0.2, 0) is 10.2 Å². The Morgan fingerprint density at radius 3 is 2.80 bits per heavy atom. The zero-order valence-corrected chi connectivity index (χ0v) is 18.3. The van der Waals surface area contributed by atoms with E-state index in [0.29, 0.717) is 13.2 Å². The van der Waals surface area contributed by atoms with Crippen LogP contribution in [0.25, 0.3) is 5.52 Å². The highest BCUT2D eigenvalue weighted by atomic mass is 127. The third kappa shape index (κ3) is 2.92. The quantitative estimate of drug-likeness (QED) is 0.524. The van der Waals surface area contributed by atoms with Crippen LogP contribution >= 0.6 is 45.2 Å². The van der Waals surface area contributed by atoms with Gasteiger partial charge in [-0.2, -0.15) is 5.26 Å². The third-order valence-corrected chi connectivity index (χ3v) is 6.80. The molecule has 25 heavy (non-hydrogen) atoms. The number of rotatable bonds is 2. The molecule has 132 valence electrons. The lowest BCUT2D eigenvalue weighted by atomic mass is 9.80. The highest BCUT2D eigenvalue weighted by Gasteiger charge is 2.39. The van der Waals surface area contributed by atoms with Crippen LogP contribution in [0.1, 0.15) is 38.2 Å². The van der Waals surface area contributed by atoms with E-state index in [0.717, 1.165) is 56.7 Å². The molecule has 0 aromatic carbocycles. The number of aromatic nitrogens is 3. The van der Waals surface area contributed by atoms with E-state index < -0.39 is 5.41 Å². The first-order chi connectivity index (χ1) is 12.1. The highest BCUT2D eigenvalue weighted by molar-refractivity contribution is 14.1. The molecular weight excluding hydrogens is 544 g/mol. The van der Waals surface area contributed by atoms with Crippen molar-refractivity contribution in [2.45, 2.75) is 44.1 Å². The minimum Gasteiger partial charge on any atom is -0.377 e. The Morgan fingerprint density at radius 2 is 2.12 bits per heavy atom. The van der Waals surface area contributed by atoms with Crippen molar-refractivity contribution in [3.05, 3.63) is 19.2 Å². The molecule has 8 heteroatoms. The molecule has 0 bridgehead atoms. The van der Waals surface area contributed by atoms with Gasteiger partial charge in [-0.05, 0) is 48.4 Å². The van der Waals surface area contributed by atoms with Crippen LogP contribution in [0.3, 0.4) is 0 Å². The summed E-state index contributed by atoms with van der Waals surface area (Å²) >= 11 is 4.49. The maximum Gasteiger partial charge on any atom is 0.193 e. The van der Waals surface area contributed by atoms with Crippen molar-refractivity contribution in [1.82, 2.24) is 14.6 Å². The van der Waals surface area contributed by atoms with Gasteiger partial charge in [0, 0.05) is 34.7 Å². The van der Waals surface area contributed by atoms with Crippen LogP contribution in [-0.4, -0.2) is 40.4 Å². The Balaban J connectivity index is 1.95. The maximum atomic E-state index is 10.0. The molecule has 4 rings (SSSR count). The van der Waals surface area contributed by atoms with Crippen LogP contribution in [0, 0.1) is 18.9 Å². The van der Waals surface area contributed by atoms with Crippen LogP contribution in [0.2, 0.25) is 0 Å². The second-order valence-corrected chi connectivity index (χ2v) is 8.85. The fraction of sp³-hybridized carbons (Fsp3) is 0.588. The van der Waals surface area contributed by atoms with Crippen molar-refractivity contribution < 1.29 is 4.74 Å². The number of halogens is 2. The molecule has 1 saturated carbocycles. The molecule has 1 atom stereocenters. The van der Waals surface area contributed by atoms with E-state index in [-0.39, 0.29) is 6.04 Å². The average molecular weight is 563 g/mol. The van der Waals surface area contributed by atoms with E-state index in [9.17, 15) is 5.26 Å². The minimum absolute atomic E-state index is 0.272. The Bertz CT molecular complexity index is 853. The largest absolute Gasteiger partial charge is 0.377 e. The molecule has 1 aliphatic heterocycles. The van der Waals surface area contributed by atoms with E-state index in [4.69, 9.17) is 9.84 Å². The molecule has 0 unspecified atom stereocenters. The third-order valence-electron chi connectivity index (χ3n) is 5.35. The first-order valence-electron chi connectivity index (χ1n) is 8.57. The summed E-state index contributed by atoms with van der Waals surface area (Å²) in [5.74, 6) is 0.923. The lowest BCUT2D eigenvalue weighted by Crippen LogP contribution is -2.44. The van der Waals surface area contributed by atoms with Crippen molar-refractivity contribution in [3.8, 4) is 6.07 Å². The number of anilines is 1. The van der Waals surface area contributed by atoms with Crippen molar-refractivity contribution in [1.29, 1.82) is 5.26 Å². The molecule has 2 fully saturated rings. The molecule has 6 nitrogen and oxygen atoms in total. The first-order valence-corrected chi connectivity index (χ1v) is 10.7. The Hall–Kier alpha value is -0.670. The van der Waals surface area contributed by atoms with Gasteiger partial charge in [-0.15, -0.1) is 5.10 Å². The smallest absolute Gasteiger partial charge is 0.193 e. The second kappa shape index (κ2) is 6.81. The Morgan fingerprint density at radius 1 is 1.36 bits per heavy atom. The summed E-state index contributed by atoms with van der Waals surface area (Å²) in [6.07, 6.45) is 4.04. The topological polar surface area (TPSA) is 66.5 Å². The van der Waals surface area contributed by atoms with Gasteiger partial charge in [0.25, 0.3) is 0 Å². The van der Waals surface area contributed by atoms with Gasteiger partial charge in [-0.25, -0.2) is 9.50 Å². The maximum absolute atomic E-state index is 10.0. The molecule has 0 spiro atoms. The summed E-state index contributed by atoms with van der Waals surface area (Å²) in [4.78, 5) is 6.90. The predicted molar refractivity (Wildman–Crippen MR) is 112 cm³/mol. The fourth-order valence-electron chi connectivity index (χ4n) is 4.00. The van der Waals surface area contributed by atoms with Crippen LogP contribution in [0.15, 0.2) is 6.07 Å². The summed E-state index contributed by atoms with van der Waals surface area (Å²) in [6, 6.07) is 5.06. The van der Waals surface area contributed by atoms with E-state index in [2.05, 4.69) is 74.1 Å². The molecule has 2 aromatic rings. The van der Waals surface area contributed by atoms with Crippen LogP contribution in [0.4, 0.5) is 5.82 Å². The van der Waals surface area contributed by atoms with Gasteiger partial charge < -0.3 is 9.64 Å². The van der Waals surface area contributed by atoms with Crippen molar-refractivity contribution in [2.75, 3.05) is 24.7 Å². The van der Waals surface area contributed by atoms with Gasteiger partial charge in [-0.3, -0.25) is 0 Å². The lowest BCUT2D eigenvalue weighted by Gasteiger charge is -2.35. The average Bonchev–Trinajstić information content (AvgIpc) is 3.21. The van der Waals surface area contributed by atoms with Crippen molar-refractivity contribution in [3.63, 3.8) is 0 Å². The summed E-state index contributed by atoms with van der Waals surface area (Å²) in [5.41, 5.74) is 1.67. The monoisotopic (exact) mass is 563 g/mol. The number of morpholine rings is 1. The normalized spacial score (nSPS) is 23.1. The Kier molecular flexibility index (Phi) is 4.83. The van der Waals surface area contributed by atoms with Gasteiger partial charge in [0.2, 0.25) is 0 Å². The summed E-state index contributed by atoms with van der Waals surface area (Å²) in [6.45, 7) is 4.39. The zero-order chi connectivity index (χ0) is 17.6. The second-order valence-electron chi connectivity index (χ2n) is 6.87. The van der Waals surface area contributed by atoms with Crippen molar-refractivity contribution >= 4 is 56.5 Å². The number of imidazole rings is 1. The van der Waals surface area contributed by atoms with E-state index >= 15 is 0 Å². The Labute approximate surface area is 174 Å². The van der Waals surface area contributed by atoms with E-state index in [1.54, 1.807) is 0 Å². The highest BCUT2D eigenvalue weighted by Crippen LogP contribution is 2.44. The molecule has 0 amide bonds. The molecule has 3 heterocycles. The lowest BCUT2D eigenvalue weighted by molar-refractivity contribution is 0.0984. The molecule has 2 aromatic heterocycles. The van der Waals surface area contributed by atoms with Gasteiger partial charge in [-0.1, -0.05) is 12.8 Å². The number of hydrogen-bond donors (Lipinski definition) is 0. The van der Waals surface area contributed by atoms with Gasteiger partial charge >= 0.3 is 0 Å². The zero-order valence-electron chi connectivity index (χ0n) is 14.0. The number of hydrogen-bond acceptors (Lipinski definition) is 5. The van der Waals surface area contributed by atoms with E-state index in [1.165, 1.54) is 0 Å². The van der Waals surface area contributed by atoms with Gasteiger partial charge in [0.1, 0.15) is 15.0 Å². The first kappa shape index (κ1) is 17.7. The number of fused-ring (bicyclic) bond motifs is 1. The van der Waals surface area contributed by atoms with Crippen molar-refractivity contribution in [2.24, 2.45) is 0 Å². The summed E-state index contributed by atoms with van der Waals surface area (Å²) in [7, 11) is 0. The van der Waals surface area contributed by atoms with Crippen LogP contribution < -0.4 is 4.90 Å². The number of nitrogens with zero attached hydrogens (tertiary/aromatic N) is 5. The van der Waals surface area contributed by atoms with E-state index in [1.807, 2.05) is 4.52 Å². The van der Waals surface area contributed by atoms with Crippen LogP contribution in [0.5, 0.6) is 0 Å². The summed E-state index contributed by atoms with van der Waals surface area (Å²) < 4.78 is 9.26. The molecule has 1 saturated heterocycles.